The fraction of sp³-hybridized carbons (Fsp3) is 0.630. The number of nitrogens with zero attached hydrogens (tertiary/aromatic N) is 3. The molecule has 2 N–H and O–H groups in total. The van der Waals surface area contributed by atoms with Crippen molar-refractivity contribution in [3.8, 4) is 0 Å². The van der Waals surface area contributed by atoms with E-state index in [2.05, 4.69) is 10.7 Å². The minimum absolute atomic E-state index is 0.0182. The number of fused-ring (bicyclic) bond motifs is 1. The fourth-order valence-corrected chi connectivity index (χ4v) is 5.27. The topological polar surface area (TPSA) is 124 Å². The zero-order valence-electron chi connectivity index (χ0n) is 23.9. The first-order valence-electron chi connectivity index (χ1n) is 13.4. The molecule has 4 rings (SSSR count). The Hall–Kier alpha value is -3.28. The number of aromatic nitrogens is 2. The molecule has 1 aromatic heterocycles. The highest BCUT2D eigenvalue weighted by Gasteiger charge is 2.35. The van der Waals surface area contributed by atoms with Gasteiger partial charge in [0.1, 0.15) is 17.0 Å². The number of hydrogen-bond acceptors (Lipinski definition) is 7. The maximum absolute atomic E-state index is 15.6. The highest BCUT2D eigenvalue weighted by Crippen LogP contribution is 2.42. The van der Waals surface area contributed by atoms with Gasteiger partial charge in [0.25, 0.3) is 5.56 Å². The van der Waals surface area contributed by atoms with E-state index in [1.54, 1.807) is 46.4 Å². The summed E-state index contributed by atoms with van der Waals surface area (Å²) in [7, 11) is 0. The van der Waals surface area contributed by atoms with Crippen LogP contribution in [0.1, 0.15) is 73.8 Å². The lowest BCUT2D eigenvalue weighted by molar-refractivity contribution is 0.0493. The quantitative estimate of drug-likeness (QED) is 0.532. The van der Waals surface area contributed by atoms with E-state index in [9.17, 15) is 19.2 Å². The van der Waals surface area contributed by atoms with Gasteiger partial charge in [-0.05, 0) is 79.7 Å². The van der Waals surface area contributed by atoms with Crippen LogP contribution in [0.5, 0.6) is 0 Å². The van der Waals surface area contributed by atoms with Crippen LogP contribution in [-0.4, -0.2) is 51.8 Å². The molecule has 2 fully saturated rings. The van der Waals surface area contributed by atoms with E-state index in [0.29, 0.717) is 37.0 Å². The molecule has 2 heterocycles. The van der Waals surface area contributed by atoms with Crippen molar-refractivity contribution in [1.29, 1.82) is 0 Å². The van der Waals surface area contributed by atoms with Crippen molar-refractivity contribution in [2.45, 2.75) is 91.0 Å². The lowest BCUT2D eigenvalue weighted by Crippen LogP contribution is -2.48. The molecule has 2 amide bonds. The summed E-state index contributed by atoms with van der Waals surface area (Å²) in [6, 6.07) is 0.556. The Labute approximate surface area is 236 Å². The summed E-state index contributed by atoms with van der Waals surface area (Å²) in [5.41, 5.74) is -0.789. The maximum Gasteiger partial charge on any atom is 0.427 e. The molecule has 1 saturated heterocycles. The van der Waals surface area contributed by atoms with Crippen molar-refractivity contribution in [2.75, 3.05) is 23.4 Å². The van der Waals surface area contributed by atoms with Gasteiger partial charge in [-0.15, -0.1) is 0 Å². The lowest BCUT2D eigenvalue weighted by Gasteiger charge is -2.26. The minimum Gasteiger partial charge on any atom is -0.444 e. The molecule has 1 saturated carbocycles. The van der Waals surface area contributed by atoms with Crippen molar-refractivity contribution < 1.29 is 23.5 Å². The summed E-state index contributed by atoms with van der Waals surface area (Å²) >= 11 is 6.79. The Morgan fingerprint density at radius 2 is 1.65 bits per heavy atom. The molecule has 2 aromatic rings. The average Bonchev–Trinajstić information content (AvgIpc) is 3.51. The minimum atomic E-state index is -0.992. The van der Waals surface area contributed by atoms with Crippen LogP contribution in [-0.2, 0) is 9.47 Å². The fourth-order valence-electron chi connectivity index (χ4n) is 4.87. The van der Waals surface area contributed by atoms with Crippen LogP contribution >= 0.6 is 11.6 Å². The van der Waals surface area contributed by atoms with Gasteiger partial charge in [-0.3, -0.25) is 9.36 Å². The second-order valence-corrected chi connectivity index (χ2v) is 12.9. The SMILES string of the molecule is C[C@@H](NC(=O)OC(C)(C)C)[C@H]1CCN(c2c(F)cc3c(=O)n(NC(=O)OC(C)(C)C)c(=O)n(C4CC4)c3c2Cl)C1. The smallest absolute Gasteiger partial charge is 0.427 e. The number of nitrogens with one attached hydrogen (secondary N) is 2. The molecule has 2 aliphatic rings. The van der Waals surface area contributed by atoms with Gasteiger partial charge < -0.3 is 19.7 Å². The van der Waals surface area contributed by atoms with Crippen molar-refractivity contribution in [2.24, 2.45) is 5.92 Å². The Kier molecular flexibility index (Phi) is 7.87. The number of alkyl carbamates (subject to hydrolysis) is 1. The first-order chi connectivity index (χ1) is 18.5. The zero-order chi connectivity index (χ0) is 29.7. The van der Waals surface area contributed by atoms with E-state index >= 15 is 4.39 Å². The van der Waals surface area contributed by atoms with E-state index in [1.807, 2.05) is 6.92 Å². The monoisotopic (exact) mass is 581 g/mol. The van der Waals surface area contributed by atoms with Crippen molar-refractivity contribution in [3.63, 3.8) is 0 Å². The largest absolute Gasteiger partial charge is 0.444 e. The maximum atomic E-state index is 15.6. The number of rotatable bonds is 5. The van der Waals surface area contributed by atoms with Gasteiger partial charge in [-0.2, -0.15) is 4.68 Å². The van der Waals surface area contributed by atoms with Crippen LogP contribution in [0, 0.1) is 11.7 Å². The van der Waals surface area contributed by atoms with Crippen LogP contribution < -0.4 is 26.9 Å². The number of halogens is 2. The van der Waals surface area contributed by atoms with Gasteiger partial charge in [0.2, 0.25) is 0 Å². The summed E-state index contributed by atoms with van der Waals surface area (Å²) in [5, 5.41) is 2.66. The molecule has 0 spiro atoms. The van der Waals surface area contributed by atoms with E-state index < -0.39 is 40.5 Å². The Balaban J connectivity index is 1.68. The first-order valence-corrected chi connectivity index (χ1v) is 13.8. The van der Waals surface area contributed by atoms with Gasteiger partial charge in [-0.1, -0.05) is 11.6 Å². The van der Waals surface area contributed by atoms with Gasteiger partial charge in [0.15, 0.2) is 0 Å². The molecule has 1 aliphatic carbocycles. The summed E-state index contributed by atoms with van der Waals surface area (Å²) < 4.78 is 28.1. The molecule has 1 aromatic carbocycles. The Bertz CT molecular complexity index is 1450. The van der Waals surface area contributed by atoms with E-state index in [0.717, 1.165) is 6.07 Å². The third-order valence-electron chi connectivity index (χ3n) is 6.75. The number of carbonyl (C=O) groups excluding carboxylic acids is 2. The van der Waals surface area contributed by atoms with Crippen molar-refractivity contribution in [3.05, 3.63) is 37.7 Å². The van der Waals surface area contributed by atoms with E-state index in [1.165, 1.54) is 4.57 Å². The van der Waals surface area contributed by atoms with Gasteiger partial charge >= 0.3 is 17.9 Å². The second kappa shape index (κ2) is 10.6. The number of anilines is 1. The number of hydrogen-bond donors (Lipinski definition) is 2. The van der Waals surface area contributed by atoms with Crippen molar-refractivity contribution >= 4 is 40.4 Å². The molecule has 13 heteroatoms. The summed E-state index contributed by atoms with van der Waals surface area (Å²) in [6.07, 6.45) is 0.471. The predicted octanol–water partition coefficient (Wildman–Crippen LogP) is 4.51. The van der Waals surface area contributed by atoms with Gasteiger partial charge in [-0.25, -0.2) is 24.2 Å². The molecule has 0 bridgehead atoms. The van der Waals surface area contributed by atoms with Gasteiger partial charge in [0.05, 0.1) is 21.6 Å². The summed E-state index contributed by atoms with van der Waals surface area (Å²) in [5.74, 6) is -0.747. The van der Waals surface area contributed by atoms with Crippen molar-refractivity contribution in [1.82, 2.24) is 14.6 Å². The molecule has 0 unspecified atom stereocenters. The van der Waals surface area contributed by atoms with Crippen LogP contribution in [0.15, 0.2) is 15.7 Å². The number of ether oxygens (including phenoxy) is 2. The molecular weight excluding hydrogens is 545 g/mol. The third kappa shape index (κ3) is 6.37. The molecule has 1 aliphatic heterocycles. The van der Waals surface area contributed by atoms with Gasteiger partial charge in [0, 0.05) is 25.2 Å². The Morgan fingerprint density at radius 3 is 2.23 bits per heavy atom. The molecule has 220 valence electrons. The zero-order valence-corrected chi connectivity index (χ0v) is 24.6. The lowest BCUT2D eigenvalue weighted by atomic mass is 10.0. The average molecular weight is 582 g/mol. The summed E-state index contributed by atoms with van der Waals surface area (Å²) in [4.78, 5) is 53.1. The third-order valence-corrected chi connectivity index (χ3v) is 7.10. The van der Waals surface area contributed by atoms with E-state index in [4.69, 9.17) is 21.1 Å². The Morgan fingerprint density at radius 1 is 1.05 bits per heavy atom. The van der Waals surface area contributed by atoms with Crippen LogP contribution in [0.4, 0.5) is 19.7 Å². The normalized spacial score (nSPS) is 18.5. The standard InChI is InChI=1S/C27H37ClFN5O6/c1-14(30-23(36)39-26(2,3)4)15-10-11-32(13-15)21-18(29)12-17-20(19(21)28)33(16-8-9-16)25(38)34(22(17)35)31-24(37)40-27(5,6)7/h12,14-16H,8-11,13H2,1-7H3,(H,30,36)(H,31,37)/t14-,15+/m1/s1. The molecule has 40 heavy (non-hydrogen) atoms. The molecule has 2 atom stereocenters. The number of amides is 2. The summed E-state index contributed by atoms with van der Waals surface area (Å²) in [6.45, 7) is 13.0. The molecule has 11 nitrogen and oxygen atoms in total. The van der Waals surface area contributed by atoms with Crippen LogP contribution in [0.25, 0.3) is 10.9 Å². The number of carbonyl (C=O) groups is 2. The highest BCUT2D eigenvalue weighted by atomic mass is 35.5. The van der Waals surface area contributed by atoms with E-state index in [-0.39, 0.29) is 39.6 Å². The molecule has 0 radical (unpaired) electrons. The van der Waals surface area contributed by atoms with Crippen LogP contribution in [0.3, 0.4) is 0 Å². The second-order valence-electron chi connectivity index (χ2n) is 12.5. The first kappa shape index (κ1) is 29.7. The van der Waals surface area contributed by atoms with Crippen LogP contribution in [0.2, 0.25) is 5.02 Å². The number of benzene rings is 1. The molecular formula is C27H37ClFN5O6. The predicted molar refractivity (Wildman–Crippen MR) is 150 cm³/mol. The highest BCUT2D eigenvalue weighted by molar-refractivity contribution is 6.38.